The molecule has 1 atom stereocenters. The van der Waals surface area contributed by atoms with Crippen LogP contribution in [0.25, 0.3) is 0 Å². The van der Waals surface area contributed by atoms with Gasteiger partial charge in [0.25, 0.3) is 0 Å². The fourth-order valence-corrected chi connectivity index (χ4v) is 2.94. The monoisotopic (exact) mass is 337 g/mol. The molecule has 0 radical (unpaired) electrons. The summed E-state index contributed by atoms with van der Waals surface area (Å²) in [6.45, 7) is 0. The molecule has 7 nitrogen and oxygen atoms in total. The molecule has 0 heterocycles. The number of hydrogen-bond acceptors (Lipinski definition) is 4. The fraction of sp³-hybridized carbons (Fsp3) is 0.500. The Labute approximate surface area is 138 Å². The maximum atomic E-state index is 13.4. The smallest absolute Gasteiger partial charge is 0.305 e. The van der Waals surface area contributed by atoms with E-state index in [1.165, 1.54) is 6.07 Å². The van der Waals surface area contributed by atoms with Crippen molar-refractivity contribution in [1.29, 1.82) is 0 Å². The number of nitrogens with two attached hydrogens (primary N) is 1. The van der Waals surface area contributed by atoms with Gasteiger partial charge in [-0.3, -0.25) is 19.7 Å². The molecule has 8 heteroatoms. The van der Waals surface area contributed by atoms with Crippen molar-refractivity contribution >= 4 is 17.5 Å². The predicted octanol–water partition coefficient (Wildman–Crippen LogP) is 1.83. The Morgan fingerprint density at radius 1 is 1.33 bits per heavy atom. The number of nitro groups is 1. The van der Waals surface area contributed by atoms with Crippen LogP contribution in [0, 0.1) is 21.8 Å². The molecule has 2 rings (SSSR count). The molecule has 24 heavy (non-hydrogen) atoms. The molecule has 0 aromatic heterocycles. The molecule has 0 spiro atoms. The number of carbonyl (C=O) groups excluding carboxylic acids is 2. The summed E-state index contributed by atoms with van der Waals surface area (Å²) < 4.78 is 13.4. The summed E-state index contributed by atoms with van der Waals surface area (Å²) in [6, 6.07) is 2.38. The maximum absolute atomic E-state index is 13.4. The van der Waals surface area contributed by atoms with Crippen molar-refractivity contribution in [3.63, 3.8) is 0 Å². The lowest BCUT2D eigenvalue weighted by Gasteiger charge is -2.23. The number of nitro benzene ring substituents is 1. The molecule has 2 amide bonds. The Balaban J connectivity index is 2.08. The third-order valence-corrected chi connectivity index (χ3v) is 4.28. The lowest BCUT2D eigenvalue weighted by Crippen LogP contribution is -2.48. The van der Waals surface area contributed by atoms with Gasteiger partial charge in [-0.25, -0.2) is 0 Å². The van der Waals surface area contributed by atoms with E-state index in [0.717, 1.165) is 44.2 Å². The first-order valence-corrected chi connectivity index (χ1v) is 7.91. The molecule has 0 bridgehead atoms. The standard InChI is InChI=1S/C16H20FN3O4/c17-12-7-6-10(9-14(12)20(23)24)8-13(15(18)21)19-16(22)11-4-2-1-3-5-11/h6-7,9,11,13H,1-5,8H2,(H2,18,21)(H,19,22)/t13-/m0/s1. The Bertz CT molecular complexity index is 644. The highest BCUT2D eigenvalue weighted by molar-refractivity contribution is 5.87. The minimum Gasteiger partial charge on any atom is -0.368 e. The molecule has 0 saturated heterocycles. The predicted molar refractivity (Wildman–Crippen MR) is 84.5 cm³/mol. The van der Waals surface area contributed by atoms with Crippen LogP contribution in [0.3, 0.4) is 0 Å². The second-order valence-corrected chi connectivity index (χ2v) is 6.05. The van der Waals surface area contributed by atoms with Crippen LogP contribution in [0.15, 0.2) is 18.2 Å². The Morgan fingerprint density at radius 3 is 2.58 bits per heavy atom. The summed E-state index contributed by atoms with van der Waals surface area (Å²) in [5, 5.41) is 13.4. The molecule has 1 saturated carbocycles. The maximum Gasteiger partial charge on any atom is 0.305 e. The van der Waals surface area contributed by atoms with Crippen molar-refractivity contribution in [2.45, 2.75) is 44.6 Å². The number of primary amides is 1. The lowest BCUT2D eigenvalue weighted by atomic mass is 9.88. The fourth-order valence-electron chi connectivity index (χ4n) is 2.94. The van der Waals surface area contributed by atoms with E-state index in [4.69, 9.17) is 5.73 Å². The van der Waals surface area contributed by atoms with E-state index >= 15 is 0 Å². The second-order valence-electron chi connectivity index (χ2n) is 6.05. The third-order valence-electron chi connectivity index (χ3n) is 4.28. The molecule has 3 N–H and O–H groups in total. The summed E-state index contributed by atoms with van der Waals surface area (Å²) in [6.07, 6.45) is 4.59. The number of amides is 2. The first-order valence-electron chi connectivity index (χ1n) is 7.91. The number of hydrogen-bond donors (Lipinski definition) is 2. The molecular weight excluding hydrogens is 317 g/mol. The molecule has 0 unspecified atom stereocenters. The Kier molecular flexibility index (Phi) is 5.83. The van der Waals surface area contributed by atoms with Gasteiger partial charge >= 0.3 is 5.69 Å². The average molecular weight is 337 g/mol. The van der Waals surface area contributed by atoms with Gasteiger partial charge in [-0.1, -0.05) is 25.3 Å². The molecule has 1 aromatic carbocycles. The van der Waals surface area contributed by atoms with E-state index in [1.807, 2.05) is 0 Å². The van der Waals surface area contributed by atoms with Gasteiger partial charge < -0.3 is 11.1 Å². The number of nitrogens with zero attached hydrogens (tertiary/aromatic N) is 1. The van der Waals surface area contributed by atoms with E-state index in [9.17, 15) is 24.1 Å². The van der Waals surface area contributed by atoms with Gasteiger partial charge in [0.05, 0.1) is 4.92 Å². The summed E-state index contributed by atoms with van der Waals surface area (Å²) in [5.74, 6) is -2.05. The molecule has 1 aliphatic carbocycles. The van der Waals surface area contributed by atoms with Gasteiger partial charge in [-0.05, 0) is 24.5 Å². The highest BCUT2D eigenvalue weighted by Crippen LogP contribution is 2.24. The molecule has 1 fully saturated rings. The van der Waals surface area contributed by atoms with Crippen LogP contribution in [-0.4, -0.2) is 22.8 Å². The summed E-state index contributed by atoms with van der Waals surface area (Å²) in [7, 11) is 0. The SMILES string of the molecule is NC(=O)[C@H](Cc1ccc(F)c([N+](=O)[O-])c1)NC(=O)C1CCCCC1. The van der Waals surface area contributed by atoms with Crippen LogP contribution in [0.4, 0.5) is 10.1 Å². The van der Waals surface area contributed by atoms with E-state index in [2.05, 4.69) is 5.32 Å². The third kappa shape index (κ3) is 4.50. The minimum atomic E-state index is -0.982. The highest BCUT2D eigenvalue weighted by Gasteiger charge is 2.26. The summed E-state index contributed by atoms with van der Waals surface area (Å²) in [5.41, 5.74) is 5.01. The van der Waals surface area contributed by atoms with Crippen LogP contribution in [0.1, 0.15) is 37.7 Å². The number of rotatable bonds is 6. The van der Waals surface area contributed by atoms with Crippen molar-refractivity contribution in [2.24, 2.45) is 11.7 Å². The van der Waals surface area contributed by atoms with E-state index in [1.54, 1.807) is 0 Å². The summed E-state index contributed by atoms with van der Waals surface area (Å²) >= 11 is 0. The van der Waals surface area contributed by atoms with Crippen molar-refractivity contribution < 1.29 is 18.9 Å². The quantitative estimate of drug-likeness (QED) is 0.608. The normalized spacial score (nSPS) is 16.4. The van der Waals surface area contributed by atoms with Gasteiger partial charge in [-0.15, -0.1) is 0 Å². The van der Waals surface area contributed by atoms with Crippen molar-refractivity contribution in [2.75, 3.05) is 0 Å². The molecule has 1 aliphatic rings. The molecule has 1 aromatic rings. The van der Waals surface area contributed by atoms with E-state index in [0.29, 0.717) is 5.56 Å². The highest BCUT2D eigenvalue weighted by atomic mass is 19.1. The average Bonchev–Trinajstić information content (AvgIpc) is 2.56. The second kappa shape index (κ2) is 7.85. The number of carbonyl (C=O) groups is 2. The Hall–Kier alpha value is -2.51. The molecule has 0 aliphatic heterocycles. The molecular formula is C16H20FN3O4. The summed E-state index contributed by atoms with van der Waals surface area (Å²) in [4.78, 5) is 33.8. The first kappa shape index (κ1) is 17.8. The van der Waals surface area contributed by atoms with Crippen LogP contribution in [-0.2, 0) is 16.0 Å². The zero-order valence-electron chi connectivity index (χ0n) is 13.2. The van der Waals surface area contributed by atoms with Crippen molar-refractivity contribution in [3.8, 4) is 0 Å². The van der Waals surface area contributed by atoms with E-state index < -0.39 is 28.4 Å². The van der Waals surface area contributed by atoms with Crippen LogP contribution < -0.4 is 11.1 Å². The van der Waals surface area contributed by atoms with Crippen molar-refractivity contribution in [1.82, 2.24) is 5.32 Å². The van der Waals surface area contributed by atoms with Gasteiger partial charge in [0, 0.05) is 18.4 Å². The van der Waals surface area contributed by atoms with Gasteiger partial charge in [0.15, 0.2) is 0 Å². The van der Waals surface area contributed by atoms with Gasteiger partial charge in [0.2, 0.25) is 17.6 Å². The number of nitrogens with one attached hydrogen (secondary N) is 1. The molecule has 130 valence electrons. The minimum absolute atomic E-state index is 0.0189. The van der Waals surface area contributed by atoms with Crippen molar-refractivity contribution in [3.05, 3.63) is 39.7 Å². The topological polar surface area (TPSA) is 115 Å². The van der Waals surface area contributed by atoms with Gasteiger partial charge in [0.1, 0.15) is 6.04 Å². The lowest BCUT2D eigenvalue weighted by molar-refractivity contribution is -0.387. The van der Waals surface area contributed by atoms with Crippen LogP contribution >= 0.6 is 0 Å². The largest absolute Gasteiger partial charge is 0.368 e. The Morgan fingerprint density at radius 2 is 2.00 bits per heavy atom. The van der Waals surface area contributed by atoms with Crippen LogP contribution in [0.2, 0.25) is 0 Å². The zero-order chi connectivity index (χ0) is 17.7. The van der Waals surface area contributed by atoms with E-state index in [-0.39, 0.29) is 18.2 Å². The first-order chi connectivity index (χ1) is 11.4. The number of benzene rings is 1. The number of halogens is 1. The van der Waals surface area contributed by atoms with Crippen LogP contribution in [0.5, 0.6) is 0 Å². The zero-order valence-corrected chi connectivity index (χ0v) is 13.2. The van der Waals surface area contributed by atoms with Gasteiger partial charge in [-0.2, -0.15) is 4.39 Å².